The van der Waals surface area contributed by atoms with Crippen LogP contribution in [0.3, 0.4) is 0 Å². The van der Waals surface area contributed by atoms with Gasteiger partial charge in [0.1, 0.15) is 5.75 Å². The highest BCUT2D eigenvalue weighted by molar-refractivity contribution is 5.40. The van der Waals surface area contributed by atoms with Gasteiger partial charge >= 0.3 is 18.7 Å². The van der Waals surface area contributed by atoms with Crippen molar-refractivity contribution >= 4 is 0 Å². The molecule has 0 aliphatic carbocycles. The van der Waals surface area contributed by atoms with Crippen LogP contribution in [0.2, 0.25) is 0 Å². The van der Waals surface area contributed by atoms with Gasteiger partial charge in [0.2, 0.25) is 0 Å². The molecule has 2 nitrogen and oxygen atoms in total. The summed E-state index contributed by atoms with van der Waals surface area (Å²) in [5.41, 5.74) is 2.14. The third kappa shape index (κ3) is 5.52. The maximum atomic E-state index is 12.9. The van der Waals surface area contributed by atoms with Gasteiger partial charge in [0.15, 0.2) is 0 Å². The molecule has 27 heavy (non-hydrogen) atoms. The average Bonchev–Trinajstić information content (AvgIpc) is 2.51. The third-order valence-corrected chi connectivity index (χ3v) is 3.44. The molecular weight excluding hydrogens is 393 g/mol. The highest BCUT2D eigenvalue weighted by atomic mass is 19.4. The number of hydrogen-bond donors (Lipinski definition) is 1. The van der Waals surface area contributed by atoms with Crippen LogP contribution in [0.5, 0.6) is 5.75 Å². The van der Waals surface area contributed by atoms with Crippen LogP contribution in [0.1, 0.15) is 28.3 Å². The van der Waals surface area contributed by atoms with Gasteiger partial charge in [0.05, 0.1) is 17.2 Å². The summed E-state index contributed by atoms with van der Waals surface area (Å²) < 4.78 is 117. The monoisotopic (exact) mass is 403 g/mol. The van der Waals surface area contributed by atoms with Crippen LogP contribution in [0, 0.1) is 0 Å². The molecule has 11 heteroatoms. The Morgan fingerprint density at radius 1 is 0.667 bits per heavy atom. The van der Waals surface area contributed by atoms with E-state index in [1.54, 1.807) is 0 Å². The molecular formula is C16H10F9NO. The summed E-state index contributed by atoms with van der Waals surface area (Å²) in [5, 5.41) is 0. The van der Waals surface area contributed by atoms with E-state index in [9.17, 15) is 39.5 Å². The Balaban J connectivity index is 2.41. The number of hydrogen-bond acceptors (Lipinski definition) is 2. The highest BCUT2D eigenvalue weighted by Crippen LogP contribution is 2.38. The van der Waals surface area contributed by atoms with Crippen LogP contribution in [0.25, 0.3) is 0 Å². The molecule has 2 rings (SSSR count). The Hall–Kier alpha value is -2.43. The molecule has 1 atom stereocenters. The molecule has 0 fully saturated rings. The average molecular weight is 403 g/mol. The number of nitrogens with two attached hydrogens (primary N) is 1. The fourth-order valence-electron chi connectivity index (χ4n) is 2.23. The fraction of sp³-hybridized carbons (Fsp3) is 0.250. The molecule has 2 N–H and O–H groups in total. The predicted molar refractivity (Wildman–Crippen MR) is 75.6 cm³/mol. The van der Waals surface area contributed by atoms with Crippen molar-refractivity contribution in [1.82, 2.24) is 0 Å². The number of benzene rings is 2. The summed E-state index contributed by atoms with van der Waals surface area (Å²) in [6, 6.07) is 3.16. The molecule has 0 bridgehead atoms. The van der Waals surface area contributed by atoms with E-state index >= 15 is 0 Å². The Kier molecular flexibility index (Phi) is 5.37. The highest BCUT2D eigenvalue weighted by Gasteiger charge is 2.37. The van der Waals surface area contributed by atoms with E-state index in [0.29, 0.717) is 12.1 Å². The summed E-state index contributed by atoms with van der Waals surface area (Å²) in [6.45, 7) is 0. The molecule has 0 saturated heterocycles. The van der Waals surface area contributed by atoms with Crippen LogP contribution in [0.15, 0.2) is 42.5 Å². The van der Waals surface area contributed by atoms with Gasteiger partial charge in [-0.15, -0.1) is 13.2 Å². The third-order valence-electron chi connectivity index (χ3n) is 3.44. The molecule has 0 spiro atoms. The lowest BCUT2D eigenvalue weighted by atomic mass is 9.95. The zero-order valence-corrected chi connectivity index (χ0v) is 13.0. The Morgan fingerprint density at radius 3 is 1.48 bits per heavy atom. The molecule has 0 amide bonds. The van der Waals surface area contributed by atoms with Crippen molar-refractivity contribution in [2.45, 2.75) is 24.8 Å². The van der Waals surface area contributed by atoms with Gasteiger partial charge in [-0.1, -0.05) is 12.1 Å². The molecule has 0 aliphatic rings. The first kappa shape index (κ1) is 20.9. The van der Waals surface area contributed by atoms with Crippen LogP contribution in [-0.2, 0) is 12.4 Å². The molecule has 148 valence electrons. The first-order valence-corrected chi connectivity index (χ1v) is 7.07. The van der Waals surface area contributed by atoms with Gasteiger partial charge < -0.3 is 10.5 Å². The zero-order valence-electron chi connectivity index (χ0n) is 13.0. The first-order valence-electron chi connectivity index (χ1n) is 7.07. The summed E-state index contributed by atoms with van der Waals surface area (Å²) in [7, 11) is 0. The van der Waals surface area contributed by atoms with E-state index in [2.05, 4.69) is 4.74 Å². The maximum absolute atomic E-state index is 12.9. The molecule has 0 heterocycles. The first-order chi connectivity index (χ1) is 12.2. The van der Waals surface area contributed by atoms with Gasteiger partial charge in [0.25, 0.3) is 0 Å². The Morgan fingerprint density at radius 2 is 1.11 bits per heavy atom. The number of rotatable bonds is 3. The Bertz CT molecular complexity index is 759. The lowest BCUT2D eigenvalue weighted by Gasteiger charge is -2.18. The van der Waals surface area contributed by atoms with Gasteiger partial charge in [-0.25, -0.2) is 0 Å². The van der Waals surface area contributed by atoms with Crippen LogP contribution >= 0.6 is 0 Å². The summed E-state index contributed by atoms with van der Waals surface area (Å²) in [4.78, 5) is 0. The lowest BCUT2D eigenvalue weighted by Crippen LogP contribution is -2.18. The molecule has 2 aromatic carbocycles. The van der Waals surface area contributed by atoms with Crippen LogP contribution in [-0.4, -0.2) is 6.36 Å². The smallest absolute Gasteiger partial charge is 0.406 e. The van der Waals surface area contributed by atoms with Crippen molar-refractivity contribution in [1.29, 1.82) is 0 Å². The van der Waals surface area contributed by atoms with Crippen molar-refractivity contribution in [2.75, 3.05) is 0 Å². The van der Waals surface area contributed by atoms with Crippen molar-refractivity contribution in [2.24, 2.45) is 5.73 Å². The van der Waals surface area contributed by atoms with Crippen molar-refractivity contribution in [3.63, 3.8) is 0 Å². The van der Waals surface area contributed by atoms with E-state index in [1.165, 1.54) is 0 Å². The van der Waals surface area contributed by atoms with Crippen molar-refractivity contribution in [3.05, 3.63) is 64.7 Å². The minimum absolute atomic E-state index is 0.00280. The van der Waals surface area contributed by atoms with E-state index < -0.39 is 47.2 Å². The van der Waals surface area contributed by atoms with Gasteiger partial charge in [0, 0.05) is 0 Å². The summed E-state index contributed by atoms with van der Waals surface area (Å²) in [6.07, 6.45) is -15.0. The molecule has 2 aromatic rings. The quantitative estimate of drug-likeness (QED) is 0.671. The second-order valence-corrected chi connectivity index (χ2v) is 5.43. The second-order valence-electron chi connectivity index (χ2n) is 5.43. The largest absolute Gasteiger partial charge is 0.573 e. The van der Waals surface area contributed by atoms with E-state index in [-0.39, 0.29) is 11.6 Å². The molecule has 0 aromatic heterocycles. The second kappa shape index (κ2) is 6.95. The van der Waals surface area contributed by atoms with Crippen molar-refractivity contribution < 1.29 is 44.3 Å². The normalized spacial score (nSPS) is 14.1. The SMILES string of the molecule is N[C@@H](c1ccc(OC(F)(F)F)cc1)c1cc(C(F)(F)F)cc(C(F)(F)F)c1. The van der Waals surface area contributed by atoms with Crippen LogP contribution in [0.4, 0.5) is 39.5 Å². The number of halogens is 9. The number of alkyl halides is 9. The van der Waals surface area contributed by atoms with Gasteiger partial charge in [-0.2, -0.15) is 26.3 Å². The van der Waals surface area contributed by atoms with Crippen molar-refractivity contribution in [3.8, 4) is 5.75 Å². The predicted octanol–water partition coefficient (Wildman–Crippen LogP) is 5.67. The minimum Gasteiger partial charge on any atom is -0.406 e. The van der Waals surface area contributed by atoms with E-state index in [4.69, 9.17) is 5.73 Å². The molecule has 0 radical (unpaired) electrons. The standard InChI is InChI=1S/C16H10F9NO/c17-14(18,19)10-5-9(6-11(7-10)15(20,21)22)13(26)8-1-3-12(4-2-8)27-16(23,24)25/h1-7,13H,26H2/t13-/m0/s1. The Labute approximate surface area is 146 Å². The van der Waals surface area contributed by atoms with Crippen LogP contribution < -0.4 is 10.5 Å². The topological polar surface area (TPSA) is 35.2 Å². The van der Waals surface area contributed by atoms with Gasteiger partial charge in [-0.3, -0.25) is 0 Å². The van der Waals surface area contributed by atoms with Gasteiger partial charge in [-0.05, 0) is 41.5 Å². The zero-order chi connectivity index (χ0) is 20.6. The molecule has 0 aliphatic heterocycles. The molecule has 0 unspecified atom stereocenters. The lowest BCUT2D eigenvalue weighted by molar-refractivity contribution is -0.274. The van der Waals surface area contributed by atoms with E-state index in [0.717, 1.165) is 24.3 Å². The summed E-state index contributed by atoms with van der Waals surface area (Å²) >= 11 is 0. The van der Waals surface area contributed by atoms with E-state index in [1.807, 2.05) is 0 Å². The number of ether oxygens (including phenoxy) is 1. The maximum Gasteiger partial charge on any atom is 0.573 e. The fourth-order valence-corrected chi connectivity index (χ4v) is 2.23. The molecule has 0 saturated carbocycles. The minimum atomic E-state index is -5.04. The summed E-state index contributed by atoms with van der Waals surface area (Å²) in [5.74, 6) is -0.613.